The number of aromatic nitrogens is 1. The molecule has 0 N–H and O–H groups in total. The third-order valence-electron chi connectivity index (χ3n) is 7.34. The molecule has 0 radical (unpaired) electrons. The van der Waals surface area contributed by atoms with Crippen LogP contribution in [0.15, 0.2) is 34.7 Å². The van der Waals surface area contributed by atoms with E-state index in [0.29, 0.717) is 29.8 Å². The van der Waals surface area contributed by atoms with E-state index in [9.17, 15) is 0 Å². The molecule has 1 aromatic carbocycles. The fraction of sp³-hybridized carbons (Fsp3) is 0.542. The fourth-order valence-corrected chi connectivity index (χ4v) is 5.48. The molecule has 2 aromatic rings. The van der Waals surface area contributed by atoms with Gasteiger partial charge in [0, 0.05) is 18.2 Å². The molecule has 27 heavy (non-hydrogen) atoms. The van der Waals surface area contributed by atoms with Gasteiger partial charge in [-0.2, -0.15) is 0 Å². The highest BCUT2D eigenvalue weighted by Crippen LogP contribution is 2.62. The Balaban J connectivity index is 1.55. The molecular weight excluding hydrogens is 332 g/mol. The van der Waals surface area contributed by atoms with Crippen molar-refractivity contribution in [1.82, 2.24) is 9.88 Å². The predicted octanol–water partition coefficient (Wildman–Crippen LogP) is 5.16. The highest BCUT2D eigenvalue weighted by molar-refractivity contribution is 5.53. The molecule has 0 saturated heterocycles. The number of hydrogen-bond donors (Lipinski definition) is 0. The SMILES string of the molecule is C#CCN(Cc1nc(-c2ccccc2)oc1C)C1C[C@@H]2C[C@H]([C@H]1C)C2(C)C. The average molecular weight is 363 g/mol. The minimum absolute atomic E-state index is 0.488. The predicted molar refractivity (Wildman–Crippen MR) is 109 cm³/mol. The van der Waals surface area contributed by atoms with Gasteiger partial charge in [0.25, 0.3) is 0 Å². The second kappa shape index (κ2) is 6.84. The molecular formula is C24H30N2O. The highest BCUT2D eigenvalue weighted by Gasteiger charge is 2.57. The van der Waals surface area contributed by atoms with Gasteiger partial charge in [-0.25, -0.2) is 4.98 Å². The lowest BCUT2D eigenvalue weighted by Crippen LogP contribution is -2.60. The molecule has 3 saturated carbocycles. The van der Waals surface area contributed by atoms with Gasteiger partial charge in [-0.05, 0) is 55.1 Å². The summed E-state index contributed by atoms with van der Waals surface area (Å²) in [6.45, 7) is 10.7. The van der Waals surface area contributed by atoms with Crippen molar-refractivity contribution in [2.24, 2.45) is 23.2 Å². The van der Waals surface area contributed by atoms with Crippen LogP contribution in [0.3, 0.4) is 0 Å². The summed E-state index contributed by atoms with van der Waals surface area (Å²) in [5.41, 5.74) is 2.52. The van der Waals surface area contributed by atoms with Gasteiger partial charge in [-0.3, -0.25) is 4.90 Å². The van der Waals surface area contributed by atoms with Crippen LogP contribution in [0.25, 0.3) is 11.5 Å². The fourth-order valence-electron chi connectivity index (χ4n) is 5.48. The van der Waals surface area contributed by atoms with Gasteiger partial charge in [0.15, 0.2) is 0 Å². The van der Waals surface area contributed by atoms with Crippen LogP contribution in [-0.4, -0.2) is 22.5 Å². The lowest BCUT2D eigenvalue weighted by Gasteiger charge is -2.63. The number of aryl methyl sites for hydroxylation is 1. The zero-order valence-electron chi connectivity index (χ0n) is 16.9. The van der Waals surface area contributed by atoms with Crippen LogP contribution in [0.1, 0.15) is 45.1 Å². The Morgan fingerprint density at radius 2 is 2.00 bits per heavy atom. The molecule has 1 aromatic heterocycles. The largest absolute Gasteiger partial charge is 0.441 e. The summed E-state index contributed by atoms with van der Waals surface area (Å²) in [5, 5.41) is 0. The first-order valence-corrected chi connectivity index (χ1v) is 10.1. The smallest absolute Gasteiger partial charge is 0.226 e. The van der Waals surface area contributed by atoms with Gasteiger partial charge >= 0.3 is 0 Å². The van der Waals surface area contributed by atoms with E-state index in [0.717, 1.165) is 35.4 Å². The molecule has 0 amide bonds. The van der Waals surface area contributed by atoms with Gasteiger partial charge in [0.2, 0.25) is 5.89 Å². The summed E-state index contributed by atoms with van der Waals surface area (Å²) in [4.78, 5) is 7.26. The first-order valence-electron chi connectivity index (χ1n) is 10.1. The number of rotatable bonds is 5. The molecule has 0 spiro atoms. The summed E-state index contributed by atoms with van der Waals surface area (Å²) >= 11 is 0. The Morgan fingerprint density at radius 3 is 2.63 bits per heavy atom. The Kier molecular flexibility index (Phi) is 4.64. The third-order valence-corrected chi connectivity index (χ3v) is 7.34. The normalized spacial score (nSPS) is 28.6. The van der Waals surface area contributed by atoms with Crippen molar-refractivity contribution >= 4 is 0 Å². The molecule has 142 valence electrons. The number of benzene rings is 1. The molecule has 2 bridgehead atoms. The van der Waals surface area contributed by atoms with Crippen LogP contribution in [0.4, 0.5) is 0 Å². The van der Waals surface area contributed by atoms with Crippen molar-refractivity contribution in [3.63, 3.8) is 0 Å². The molecule has 3 heteroatoms. The number of nitrogens with zero attached hydrogens (tertiary/aromatic N) is 2. The zero-order chi connectivity index (χ0) is 19.2. The van der Waals surface area contributed by atoms with E-state index in [1.807, 2.05) is 37.3 Å². The number of oxazole rings is 1. The van der Waals surface area contributed by atoms with Crippen LogP contribution in [0.2, 0.25) is 0 Å². The zero-order valence-corrected chi connectivity index (χ0v) is 16.9. The van der Waals surface area contributed by atoms with Crippen molar-refractivity contribution < 1.29 is 4.42 Å². The molecule has 3 fully saturated rings. The summed E-state index contributed by atoms with van der Waals surface area (Å²) in [7, 11) is 0. The van der Waals surface area contributed by atoms with Crippen LogP contribution in [0.5, 0.6) is 0 Å². The van der Waals surface area contributed by atoms with Gasteiger partial charge in [-0.1, -0.05) is 44.9 Å². The van der Waals surface area contributed by atoms with Crippen molar-refractivity contribution in [2.45, 2.75) is 53.1 Å². The standard InChI is InChI=1S/C24H30N2O/c1-6-12-26(22-14-19-13-20(16(22)2)24(19,4)5)15-21-17(3)27-23(25-21)18-10-8-7-9-11-18/h1,7-11,16,19-20,22H,12-15H2,2-5H3/t16-,19+,20-,22?/m1/s1. The average Bonchev–Trinajstić information content (AvgIpc) is 3.02. The summed E-state index contributed by atoms with van der Waals surface area (Å²) in [5.74, 6) is 6.77. The van der Waals surface area contributed by atoms with Crippen molar-refractivity contribution in [1.29, 1.82) is 0 Å². The van der Waals surface area contributed by atoms with Crippen molar-refractivity contribution in [3.05, 3.63) is 41.8 Å². The molecule has 1 unspecified atom stereocenters. The van der Waals surface area contributed by atoms with E-state index in [2.05, 4.69) is 31.6 Å². The molecule has 3 aliphatic rings. The van der Waals surface area contributed by atoms with E-state index in [-0.39, 0.29) is 0 Å². The number of hydrogen-bond acceptors (Lipinski definition) is 3. The number of fused-ring (bicyclic) bond motifs is 2. The summed E-state index contributed by atoms with van der Waals surface area (Å²) in [6, 6.07) is 10.6. The Labute approximate surface area is 163 Å². The van der Waals surface area contributed by atoms with E-state index < -0.39 is 0 Å². The quantitative estimate of drug-likeness (QED) is 0.688. The third kappa shape index (κ3) is 3.11. The second-order valence-corrected chi connectivity index (χ2v) is 9.02. The monoisotopic (exact) mass is 362 g/mol. The minimum Gasteiger partial charge on any atom is -0.441 e. The maximum Gasteiger partial charge on any atom is 0.226 e. The van der Waals surface area contributed by atoms with E-state index in [1.54, 1.807) is 0 Å². The minimum atomic E-state index is 0.488. The van der Waals surface area contributed by atoms with Gasteiger partial charge < -0.3 is 4.42 Å². The highest BCUT2D eigenvalue weighted by atomic mass is 16.4. The van der Waals surface area contributed by atoms with E-state index in [1.165, 1.54) is 12.8 Å². The topological polar surface area (TPSA) is 29.3 Å². The Morgan fingerprint density at radius 1 is 1.26 bits per heavy atom. The Bertz CT molecular complexity index is 845. The molecule has 3 aliphatic carbocycles. The van der Waals surface area contributed by atoms with Crippen molar-refractivity contribution in [2.75, 3.05) is 6.54 Å². The molecule has 0 aliphatic heterocycles. The lowest BCUT2D eigenvalue weighted by atomic mass is 9.44. The summed E-state index contributed by atoms with van der Waals surface area (Å²) < 4.78 is 5.97. The molecule has 1 heterocycles. The Hall–Kier alpha value is -2.05. The van der Waals surface area contributed by atoms with Gasteiger partial charge in [0.1, 0.15) is 5.76 Å². The summed E-state index contributed by atoms with van der Waals surface area (Å²) in [6.07, 6.45) is 8.36. The maximum atomic E-state index is 5.97. The first-order chi connectivity index (χ1) is 12.9. The molecule has 5 rings (SSSR count). The number of terminal acetylenes is 1. The second-order valence-electron chi connectivity index (χ2n) is 9.02. The van der Waals surface area contributed by atoms with E-state index in [4.69, 9.17) is 15.8 Å². The van der Waals surface area contributed by atoms with Crippen molar-refractivity contribution in [3.8, 4) is 23.8 Å². The van der Waals surface area contributed by atoms with Crippen LogP contribution in [0, 0.1) is 42.4 Å². The maximum absolute atomic E-state index is 5.97. The molecule has 3 nitrogen and oxygen atoms in total. The van der Waals surface area contributed by atoms with Crippen LogP contribution >= 0.6 is 0 Å². The van der Waals surface area contributed by atoms with E-state index >= 15 is 0 Å². The first kappa shape index (κ1) is 18.3. The lowest BCUT2D eigenvalue weighted by molar-refractivity contribution is -0.138. The van der Waals surface area contributed by atoms with Crippen LogP contribution in [-0.2, 0) is 6.54 Å². The van der Waals surface area contributed by atoms with Gasteiger partial charge in [0.05, 0.1) is 12.2 Å². The van der Waals surface area contributed by atoms with Gasteiger partial charge in [-0.15, -0.1) is 6.42 Å². The molecule has 4 atom stereocenters. The van der Waals surface area contributed by atoms with Crippen LogP contribution < -0.4 is 0 Å².